The van der Waals surface area contributed by atoms with E-state index in [1.807, 2.05) is 4.90 Å². The van der Waals surface area contributed by atoms with Crippen molar-refractivity contribution in [3.05, 3.63) is 0 Å². The third kappa shape index (κ3) is 2.92. The van der Waals surface area contributed by atoms with E-state index in [1.165, 1.54) is 0 Å². The summed E-state index contributed by atoms with van der Waals surface area (Å²) >= 11 is 0. The molecule has 4 nitrogen and oxygen atoms in total. The fourth-order valence-electron chi connectivity index (χ4n) is 0.440. The highest BCUT2D eigenvalue weighted by Gasteiger charge is 1.93. The minimum absolute atomic E-state index is 0.494. The number of nitrogens with zero attached hydrogens (tertiary/aromatic N) is 1. The van der Waals surface area contributed by atoms with E-state index in [9.17, 15) is 0 Å². The van der Waals surface area contributed by atoms with Crippen LogP contribution in [0.15, 0.2) is 0 Å². The van der Waals surface area contributed by atoms with Crippen LogP contribution in [0, 0.1) is 0 Å². The van der Waals surface area contributed by atoms with Crippen molar-refractivity contribution in [2.24, 2.45) is 17.2 Å². The molecular formula is C4H14N4. The van der Waals surface area contributed by atoms with E-state index in [-0.39, 0.29) is 0 Å². The van der Waals surface area contributed by atoms with Crippen LogP contribution in [0.2, 0.25) is 0 Å². The maximum Gasteiger partial charge on any atom is 0.0467 e. The summed E-state index contributed by atoms with van der Waals surface area (Å²) in [5.74, 6) is 0. The van der Waals surface area contributed by atoms with Gasteiger partial charge in [-0.1, -0.05) is 0 Å². The Morgan fingerprint density at radius 2 is 1.50 bits per heavy atom. The zero-order chi connectivity index (χ0) is 6.41. The van der Waals surface area contributed by atoms with E-state index in [0.717, 1.165) is 6.54 Å². The number of hydrogen-bond donors (Lipinski definition) is 3. The average Bonchev–Trinajstić information content (AvgIpc) is 1.83. The smallest absolute Gasteiger partial charge is 0.0467 e. The van der Waals surface area contributed by atoms with E-state index < -0.39 is 0 Å². The minimum atomic E-state index is 0.494. The molecule has 0 saturated heterocycles. The maximum atomic E-state index is 5.26. The molecule has 0 spiro atoms. The highest BCUT2D eigenvalue weighted by Crippen LogP contribution is 1.73. The van der Waals surface area contributed by atoms with Gasteiger partial charge in [-0.15, -0.1) is 0 Å². The van der Waals surface area contributed by atoms with Crippen LogP contribution in [0.25, 0.3) is 0 Å². The van der Waals surface area contributed by atoms with Gasteiger partial charge in [0.25, 0.3) is 0 Å². The molecule has 8 heavy (non-hydrogen) atoms. The van der Waals surface area contributed by atoms with Crippen molar-refractivity contribution in [1.82, 2.24) is 4.90 Å². The summed E-state index contributed by atoms with van der Waals surface area (Å²) in [5, 5.41) is 0. The molecule has 4 heteroatoms. The highest BCUT2D eigenvalue weighted by molar-refractivity contribution is 4.48. The minimum Gasteiger partial charge on any atom is -0.329 e. The van der Waals surface area contributed by atoms with Gasteiger partial charge in [0.15, 0.2) is 0 Å². The summed E-state index contributed by atoms with van der Waals surface area (Å²) in [6.45, 7) is 2.39. The average molecular weight is 118 g/mol. The van der Waals surface area contributed by atoms with Crippen molar-refractivity contribution in [2.75, 3.05) is 26.4 Å². The molecule has 0 aromatic rings. The monoisotopic (exact) mass is 118 g/mol. The molecule has 0 aliphatic heterocycles. The van der Waals surface area contributed by atoms with Crippen LogP contribution >= 0.6 is 0 Å². The van der Waals surface area contributed by atoms with Crippen molar-refractivity contribution in [3.8, 4) is 0 Å². The van der Waals surface area contributed by atoms with Gasteiger partial charge in [-0.2, -0.15) is 0 Å². The van der Waals surface area contributed by atoms with Gasteiger partial charge in [-0.25, -0.2) is 0 Å². The summed E-state index contributed by atoms with van der Waals surface area (Å²) in [6, 6.07) is 0. The van der Waals surface area contributed by atoms with E-state index in [4.69, 9.17) is 17.2 Å². The fourth-order valence-corrected chi connectivity index (χ4v) is 0.440. The number of hydrogen-bond acceptors (Lipinski definition) is 4. The Labute approximate surface area is 49.6 Å². The second kappa shape index (κ2) is 4.99. The largest absolute Gasteiger partial charge is 0.329 e. The Kier molecular flexibility index (Phi) is 4.89. The summed E-state index contributed by atoms with van der Waals surface area (Å²) in [4.78, 5) is 1.86. The first kappa shape index (κ1) is 7.84. The molecule has 0 rings (SSSR count). The molecule has 0 radical (unpaired) electrons. The Morgan fingerprint density at radius 1 is 1.00 bits per heavy atom. The van der Waals surface area contributed by atoms with Crippen LogP contribution in [0.4, 0.5) is 0 Å². The molecule has 6 N–H and O–H groups in total. The SMILES string of the molecule is NCCN(CN)CN. The topological polar surface area (TPSA) is 81.3 Å². The summed E-state index contributed by atoms with van der Waals surface area (Å²) in [6.07, 6.45) is 0. The molecule has 0 aliphatic rings. The van der Waals surface area contributed by atoms with Gasteiger partial charge in [-0.05, 0) is 0 Å². The molecule has 0 aromatic heterocycles. The lowest BCUT2D eigenvalue weighted by Gasteiger charge is -2.14. The standard InChI is InChI=1S/C4H14N4/c5-1-2-8(3-6)4-7/h1-7H2. The van der Waals surface area contributed by atoms with Gasteiger partial charge in [0, 0.05) is 26.4 Å². The molecule has 0 fully saturated rings. The normalized spacial score (nSPS) is 10.5. The molecule has 0 aromatic carbocycles. The zero-order valence-electron chi connectivity index (χ0n) is 5.01. The molecule has 0 atom stereocenters. The van der Waals surface area contributed by atoms with Crippen LogP contribution in [-0.4, -0.2) is 31.3 Å². The second-order valence-electron chi connectivity index (χ2n) is 1.55. The highest BCUT2D eigenvalue weighted by atomic mass is 15.2. The molecule has 0 saturated carbocycles. The van der Waals surface area contributed by atoms with Crippen molar-refractivity contribution in [2.45, 2.75) is 0 Å². The number of rotatable bonds is 4. The first-order valence-corrected chi connectivity index (χ1v) is 2.67. The van der Waals surface area contributed by atoms with Gasteiger partial charge in [-0.3, -0.25) is 4.90 Å². The van der Waals surface area contributed by atoms with Crippen molar-refractivity contribution >= 4 is 0 Å². The second-order valence-corrected chi connectivity index (χ2v) is 1.55. The molecule has 0 bridgehead atoms. The predicted octanol–water partition coefficient (Wildman–Crippen LogP) is -1.92. The van der Waals surface area contributed by atoms with Crippen LogP contribution in [0.3, 0.4) is 0 Å². The van der Waals surface area contributed by atoms with E-state index in [1.54, 1.807) is 0 Å². The van der Waals surface area contributed by atoms with Crippen molar-refractivity contribution < 1.29 is 0 Å². The molecule has 0 amide bonds. The van der Waals surface area contributed by atoms with Crippen LogP contribution in [0.5, 0.6) is 0 Å². The maximum absolute atomic E-state index is 5.26. The Morgan fingerprint density at radius 3 is 1.62 bits per heavy atom. The van der Waals surface area contributed by atoms with Gasteiger partial charge < -0.3 is 17.2 Å². The van der Waals surface area contributed by atoms with Crippen molar-refractivity contribution in [1.29, 1.82) is 0 Å². The third-order valence-electron chi connectivity index (χ3n) is 0.962. The predicted molar refractivity (Wildman–Crippen MR) is 33.9 cm³/mol. The first-order chi connectivity index (χ1) is 3.85. The quantitative estimate of drug-likeness (QED) is 0.376. The molecule has 50 valence electrons. The Bertz CT molecular complexity index is 43.3. The number of nitrogens with two attached hydrogens (primary N) is 3. The molecule has 0 unspecified atom stereocenters. The van der Waals surface area contributed by atoms with E-state index in [2.05, 4.69) is 0 Å². The lowest BCUT2D eigenvalue weighted by Crippen LogP contribution is -2.38. The van der Waals surface area contributed by atoms with Gasteiger partial charge in [0.2, 0.25) is 0 Å². The first-order valence-electron chi connectivity index (χ1n) is 2.67. The summed E-state index contributed by atoms with van der Waals surface area (Å²) in [7, 11) is 0. The van der Waals surface area contributed by atoms with Gasteiger partial charge in [0.1, 0.15) is 0 Å². The molecule has 0 aliphatic carbocycles. The Balaban J connectivity index is 3.07. The van der Waals surface area contributed by atoms with Gasteiger partial charge in [0.05, 0.1) is 0 Å². The van der Waals surface area contributed by atoms with E-state index in [0.29, 0.717) is 19.9 Å². The van der Waals surface area contributed by atoms with Gasteiger partial charge >= 0.3 is 0 Å². The van der Waals surface area contributed by atoms with Crippen LogP contribution in [0.1, 0.15) is 0 Å². The fraction of sp³-hybridized carbons (Fsp3) is 1.00. The van der Waals surface area contributed by atoms with Crippen LogP contribution in [-0.2, 0) is 0 Å². The summed E-state index contributed by atoms with van der Waals surface area (Å²) in [5.41, 5.74) is 15.7. The van der Waals surface area contributed by atoms with Crippen molar-refractivity contribution in [3.63, 3.8) is 0 Å². The Hall–Kier alpha value is -0.160. The molecular weight excluding hydrogens is 104 g/mol. The molecule has 0 heterocycles. The van der Waals surface area contributed by atoms with E-state index >= 15 is 0 Å². The lowest BCUT2D eigenvalue weighted by molar-refractivity contribution is 0.298. The zero-order valence-corrected chi connectivity index (χ0v) is 5.01. The third-order valence-corrected chi connectivity index (χ3v) is 0.962. The lowest BCUT2D eigenvalue weighted by atomic mass is 10.6. The van der Waals surface area contributed by atoms with Crippen LogP contribution < -0.4 is 17.2 Å². The summed E-state index contributed by atoms with van der Waals surface area (Å²) < 4.78 is 0.